The molecule has 5 rings (SSSR count). The van der Waals surface area contributed by atoms with E-state index in [4.69, 9.17) is 0 Å². The van der Waals surface area contributed by atoms with Crippen LogP contribution in [0.15, 0.2) is 66.7 Å². The topological polar surface area (TPSA) is 32.3 Å². The van der Waals surface area contributed by atoms with E-state index in [1.165, 1.54) is 12.1 Å². The Morgan fingerprint density at radius 2 is 1.62 bits per heavy atom. The van der Waals surface area contributed by atoms with Crippen LogP contribution in [0.3, 0.4) is 0 Å². The highest BCUT2D eigenvalue weighted by Crippen LogP contribution is 2.37. The fourth-order valence-corrected chi connectivity index (χ4v) is 5.31. The van der Waals surface area contributed by atoms with Crippen molar-refractivity contribution in [3.05, 3.63) is 83.4 Å². The zero-order valence-corrected chi connectivity index (χ0v) is 17.6. The average molecular weight is 438 g/mol. The Bertz CT molecular complexity index is 1130. The van der Waals surface area contributed by atoms with E-state index in [0.29, 0.717) is 17.7 Å². The molecule has 6 heteroatoms. The number of carbonyl (C=O) groups excluding carboxylic acids is 1. The number of piperidine rings is 1. The standard InChI is InChI=1S/C26H25F3N2O/c27-26(28,29)21-7-3-4-17(12-21)16-31-23-10-11-24(31)15-22(14-23)30-25(32)20-9-8-18-5-1-2-6-19(18)13-20/h1-9,12-13,22-24H,10-11,14-16H2,(H,30,32). The van der Waals surface area contributed by atoms with Crippen LogP contribution in [0.2, 0.25) is 0 Å². The normalized spacial score (nSPS) is 23.4. The third-order valence-electron chi connectivity index (χ3n) is 6.85. The number of carbonyl (C=O) groups is 1. The molecule has 2 saturated heterocycles. The van der Waals surface area contributed by atoms with Crippen LogP contribution < -0.4 is 5.32 Å². The fraction of sp³-hybridized carbons (Fsp3) is 0.346. The molecule has 2 aliphatic rings. The lowest BCUT2D eigenvalue weighted by Crippen LogP contribution is -2.50. The van der Waals surface area contributed by atoms with Crippen molar-refractivity contribution < 1.29 is 18.0 Å². The summed E-state index contributed by atoms with van der Waals surface area (Å²) in [5.41, 5.74) is 0.748. The lowest BCUT2D eigenvalue weighted by molar-refractivity contribution is -0.137. The van der Waals surface area contributed by atoms with Crippen molar-refractivity contribution in [3.63, 3.8) is 0 Å². The van der Waals surface area contributed by atoms with Crippen LogP contribution in [0.5, 0.6) is 0 Å². The number of nitrogens with one attached hydrogen (secondary N) is 1. The van der Waals surface area contributed by atoms with Gasteiger partial charge in [0.05, 0.1) is 5.56 Å². The molecule has 2 heterocycles. The number of alkyl halides is 3. The van der Waals surface area contributed by atoms with E-state index in [-0.39, 0.29) is 24.0 Å². The van der Waals surface area contributed by atoms with Crippen LogP contribution in [0.25, 0.3) is 10.8 Å². The summed E-state index contributed by atoms with van der Waals surface area (Å²) >= 11 is 0. The second-order valence-corrected chi connectivity index (χ2v) is 8.96. The lowest BCUT2D eigenvalue weighted by Gasteiger charge is -2.39. The molecule has 0 radical (unpaired) electrons. The van der Waals surface area contributed by atoms with Gasteiger partial charge >= 0.3 is 6.18 Å². The number of hydrogen-bond donors (Lipinski definition) is 1. The Morgan fingerprint density at radius 3 is 2.34 bits per heavy atom. The van der Waals surface area contributed by atoms with Crippen LogP contribution in [-0.4, -0.2) is 28.9 Å². The summed E-state index contributed by atoms with van der Waals surface area (Å²) in [7, 11) is 0. The van der Waals surface area contributed by atoms with Gasteiger partial charge < -0.3 is 5.32 Å². The summed E-state index contributed by atoms with van der Waals surface area (Å²) in [4.78, 5) is 15.2. The first-order valence-corrected chi connectivity index (χ1v) is 11.1. The van der Waals surface area contributed by atoms with E-state index in [0.717, 1.165) is 42.5 Å². The van der Waals surface area contributed by atoms with Crippen LogP contribution in [0.1, 0.15) is 47.2 Å². The molecule has 166 valence electrons. The molecule has 3 aromatic rings. The smallest absolute Gasteiger partial charge is 0.349 e. The van der Waals surface area contributed by atoms with Crippen molar-refractivity contribution in [2.75, 3.05) is 0 Å². The first-order valence-electron chi connectivity index (χ1n) is 11.1. The van der Waals surface area contributed by atoms with E-state index in [2.05, 4.69) is 10.2 Å². The van der Waals surface area contributed by atoms with Gasteiger partial charge in [0.15, 0.2) is 0 Å². The number of halogens is 3. The summed E-state index contributed by atoms with van der Waals surface area (Å²) in [5, 5.41) is 5.34. The van der Waals surface area contributed by atoms with Gasteiger partial charge in [-0.3, -0.25) is 9.69 Å². The summed E-state index contributed by atoms with van der Waals surface area (Å²) in [5.74, 6) is -0.0634. The minimum absolute atomic E-state index is 0.0634. The van der Waals surface area contributed by atoms with Crippen LogP contribution in [0.4, 0.5) is 13.2 Å². The van der Waals surface area contributed by atoms with E-state index in [1.807, 2.05) is 42.5 Å². The van der Waals surface area contributed by atoms with Gasteiger partial charge in [0.1, 0.15) is 0 Å². The third kappa shape index (κ3) is 4.24. The largest absolute Gasteiger partial charge is 0.416 e. The van der Waals surface area contributed by atoms with Crippen LogP contribution in [-0.2, 0) is 12.7 Å². The molecular formula is C26H25F3N2O. The lowest BCUT2D eigenvalue weighted by atomic mass is 9.95. The van der Waals surface area contributed by atoms with Gasteiger partial charge in [0.2, 0.25) is 0 Å². The second-order valence-electron chi connectivity index (χ2n) is 8.96. The molecule has 2 fully saturated rings. The maximum atomic E-state index is 13.1. The fourth-order valence-electron chi connectivity index (χ4n) is 5.31. The van der Waals surface area contributed by atoms with E-state index >= 15 is 0 Å². The molecular weight excluding hydrogens is 413 g/mol. The number of hydrogen-bond acceptors (Lipinski definition) is 2. The summed E-state index contributed by atoms with van der Waals surface area (Å²) < 4.78 is 39.2. The molecule has 0 saturated carbocycles. The van der Waals surface area contributed by atoms with Crippen molar-refractivity contribution in [1.29, 1.82) is 0 Å². The van der Waals surface area contributed by atoms with Gasteiger partial charge in [-0.2, -0.15) is 13.2 Å². The maximum Gasteiger partial charge on any atom is 0.416 e. The number of benzene rings is 3. The van der Waals surface area contributed by atoms with Crippen LogP contribution in [0, 0.1) is 0 Å². The highest BCUT2D eigenvalue weighted by atomic mass is 19.4. The number of rotatable bonds is 4. The number of nitrogens with zero attached hydrogens (tertiary/aromatic N) is 1. The molecule has 2 atom stereocenters. The number of fused-ring (bicyclic) bond motifs is 3. The van der Waals surface area contributed by atoms with Gasteiger partial charge in [0.25, 0.3) is 5.91 Å². The zero-order valence-electron chi connectivity index (χ0n) is 17.6. The van der Waals surface area contributed by atoms with Crippen molar-refractivity contribution in [1.82, 2.24) is 10.2 Å². The monoisotopic (exact) mass is 438 g/mol. The van der Waals surface area contributed by atoms with Crippen molar-refractivity contribution in [2.24, 2.45) is 0 Å². The van der Waals surface area contributed by atoms with Crippen molar-refractivity contribution in [2.45, 2.75) is 56.5 Å². The maximum absolute atomic E-state index is 13.1. The highest BCUT2D eigenvalue weighted by molar-refractivity contribution is 5.98. The summed E-state index contributed by atoms with van der Waals surface area (Å²) in [6, 6.07) is 20.0. The molecule has 2 unspecified atom stereocenters. The Labute approximate surface area is 185 Å². The minimum atomic E-state index is -4.32. The van der Waals surface area contributed by atoms with E-state index in [9.17, 15) is 18.0 Å². The number of amides is 1. The molecule has 0 aromatic heterocycles. The predicted octanol–water partition coefficient (Wildman–Crippen LogP) is 5.78. The molecule has 1 N–H and O–H groups in total. The minimum Gasteiger partial charge on any atom is -0.349 e. The first kappa shape index (κ1) is 21.0. The summed E-state index contributed by atoms with van der Waals surface area (Å²) in [6.45, 7) is 0.518. The molecule has 2 bridgehead atoms. The molecule has 1 amide bonds. The third-order valence-corrected chi connectivity index (χ3v) is 6.85. The zero-order chi connectivity index (χ0) is 22.3. The molecule has 0 aliphatic carbocycles. The quantitative estimate of drug-likeness (QED) is 0.560. The molecule has 2 aliphatic heterocycles. The Hall–Kier alpha value is -2.86. The first-order chi connectivity index (χ1) is 15.4. The van der Waals surface area contributed by atoms with Gasteiger partial charge in [-0.15, -0.1) is 0 Å². The summed E-state index contributed by atoms with van der Waals surface area (Å²) in [6.07, 6.45) is -0.628. The van der Waals surface area contributed by atoms with E-state index < -0.39 is 11.7 Å². The molecule has 3 nitrogen and oxygen atoms in total. The van der Waals surface area contributed by atoms with E-state index in [1.54, 1.807) is 6.07 Å². The average Bonchev–Trinajstić information content (AvgIpc) is 3.00. The highest BCUT2D eigenvalue weighted by Gasteiger charge is 2.41. The molecule has 32 heavy (non-hydrogen) atoms. The van der Waals surface area contributed by atoms with Crippen molar-refractivity contribution >= 4 is 16.7 Å². The molecule has 0 spiro atoms. The predicted molar refractivity (Wildman–Crippen MR) is 118 cm³/mol. The van der Waals surface area contributed by atoms with Gasteiger partial charge in [-0.05, 0) is 60.2 Å². The molecule has 3 aromatic carbocycles. The van der Waals surface area contributed by atoms with Gasteiger partial charge in [0, 0.05) is 30.2 Å². The Kier molecular flexibility index (Phi) is 5.41. The second kappa shape index (κ2) is 8.24. The Balaban J connectivity index is 1.24. The van der Waals surface area contributed by atoms with Crippen molar-refractivity contribution in [3.8, 4) is 0 Å². The SMILES string of the molecule is O=C(NC1CC2CCC(C1)N2Cc1cccc(C(F)(F)F)c1)c1ccc2ccccc2c1. The van der Waals surface area contributed by atoms with Gasteiger partial charge in [-0.1, -0.05) is 48.5 Å². The Morgan fingerprint density at radius 1 is 0.906 bits per heavy atom. The van der Waals surface area contributed by atoms with Gasteiger partial charge in [-0.25, -0.2) is 0 Å². The van der Waals surface area contributed by atoms with Crippen LogP contribution >= 0.6 is 0 Å².